The lowest BCUT2D eigenvalue weighted by atomic mass is 10.1. The first kappa shape index (κ1) is 26.7. The molecule has 3 aromatic carbocycles. The highest BCUT2D eigenvalue weighted by molar-refractivity contribution is 7.89. The van der Waals surface area contributed by atoms with Crippen LogP contribution in [-0.4, -0.2) is 51.5 Å². The summed E-state index contributed by atoms with van der Waals surface area (Å²) in [5.41, 5.74) is 0.635. The van der Waals surface area contributed by atoms with Crippen molar-refractivity contribution in [3.8, 4) is 11.1 Å². The molecule has 0 radical (unpaired) electrons. The molecule has 2 unspecified atom stereocenters. The SMILES string of the molecule is O=C(O)c1cccn1CCN(C1(C(=O)O)CC1c1ccccc1)S(=O)(=O)c1ccc(-c2ccc(Cl)cc2)cc1. The van der Waals surface area contributed by atoms with E-state index in [4.69, 9.17) is 11.6 Å². The molecule has 1 aromatic heterocycles. The Labute approximate surface area is 230 Å². The number of halogens is 1. The fourth-order valence-electron chi connectivity index (χ4n) is 5.07. The van der Waals surface area contributed by atoms with E-state index in [0.29, 0.717) is 5.02 Å². The van der Waals surface area contributed by atoms with Gasteiger partial charge in [-0.1, -0.05) is 66.2 Å². The van der Waals surface area contributed by atoms with Crippen molar-refractivity contribution in [3.63, 3.8) is 0 Å². The van der Waals surface area contributed by atoms with E-state index < -0.39 is 33.4 Å². The standard InChI is InChI=1S/C29H25ClN2O6S/c30-23-12-8-20(9-13-23)21-10-14-24(15-11-21)39(37,38)32(18-17-31-16-4-7-26(31)27(33)34)29(28(35)36)19-25(29)22-5-2-1-3-6-22/h1-16,25H,17-19H2,(H,33,34)(H,35,36). The lowest BCUT2D eigenvalue weighted by Gasteiger charge is -2.30. The van der Waals surface area contributed by atoms with Crippen LogP contribution in [0.3, 0.4) is 0 Å². The molecule has 8 nitrogen and oxygen atoms in total. The van der Waals surface area contributed by atoms with E-state index in [1.165, 1.54) is 29.0 Å². The van der Waals surface area contributed by atoms with Gasteiger partial charge in [0.25, 0.3) is 0 Å². The quantitative estimate of drug-likeness (QED) is 0.273. The third-order valence-electron chi connectivity index (χ3n) is 7.16. The van der Waals surface area contributed by atoms with Crippen molar-refractivity contribution in [1.29, 1.82) is 0 Å². The Bertz CT molecular complexity index is 1620. The van der Waals surface area contributed by atoms with Crippen LogP contribution in [0.2, 0.25) is 5.02 Å². The molecule has 4 aromatic rings. The van der Waals surface area contributed by atoms with E-state index in [0.717, 1.165) is 21.0 Å². The number of hydrogen-bond acceptors (Lipinski definition) is 4. The second-order valence-electron chi connectivity index (χ2n) is 9.40. The summed E-state index contributed by atoms with van der Waals surface area (Å²) in [6, 6.07) is 25.3. The number of aliphatic carboxylic acids is 1. The first-order valence-electron chi connectivity index (χ1n) is 12.2. The largest absolute Gasteiger partial charge is 0.480 e. The Morgan fingerprint density at radius 1 is 0.897 bits per heavy atom. The van der Waals surface area contributed by atoms with Gasteiger partial charge in [0.2, 0.25) is 10.0 Å². The van der Waals surface area contributed by atoms with Gasteiger partial charge in [-0.2, -0.15) is 4.31 Å². The fourth-order valence-corrected chi connectivity index (χ4v) is 6.97. The van der Waals surface area contributed by atoms with Gasteiger partial charge in [-0.15, -0.1) is 0 Å². The minimum absolute atomic E-state index is 0.0144. The molecule has 5 rings (SSSR count). The Balaban J connectivity index is 1.53. The second-order valence-corrected chi connectivity index (χ2v) is 11.7. The van der Waals surface area contributed by atoms with Crippen LogP contribution in [0, 0.1) is 0 Å². The van der Waals surface area contributed by atoms with E-state index >= 15 is 0 Å². The van der Waals surface area contributed by atoms with Crippen LogP contribution in [0.15, 0.2) is 102 Å². The third-order valence-corrected chi connectivity index (χ3v) is 9.37. The average Bonchev–Trinajstić information content (AvgIpc) is 3.50. The molecule has 0 saturated heterocycles. The predicted molar refractivity (Wildman–Crippen MR) is 146 cm³/mol. The number of carbonyl (C=O) groups is 2. The molecule has 1 fully saturated rings. The van der Waals surface area contributed by atoms with Crippen molar-refractivity contribution in [1.82, 2.24) is 8.87 Å². The number of aromatic nitrogens is 1. The van der Waals surface area contributed by atoms with E-state index in [-0.39, 0.29) is 30.1 Å². The van der Waals surface area contributed by atoms with Crippen molar-refractivity contribution >= 4 is 33.6 Å². The summed E-state index contributed by atoms with van der Waals surface area (Å²) in [6.45, 7) is -0.265. The highest BCUT2D eigenvalue weighted by atomic mass is 35.5. The van der Waals surface area contributed by atoms with E-state index in [1.54, 1.807) is 54.6 Å². The van der Waals surface area contributed by atoms with Gasteiger partial charge in [0, 0.05) is 30.2 Å². The van der Waals surface area contributed by atoms with Crippen LogP contribution in [0.4, 0.5) is 0 Å². The summed E-state index contributed by atoms with van der Waals surface area (Å²) in [7, 11) is -4.30. The molecule has 200 valence electrons. The zero-order chi connectivity index (χ0) is 27.8. The lowest BCUT2D eigenvalue weighted by molar-refractivity contribution is -0.143. The molecule has 0 aliphatic heterocycles. The summed E-state index contributed by atoms with van der Waals surface area (Å²) < 4.78 is 30.6. The highest BCUT2D eigenvalue weighted by Gasteiger charge is 2.67. The Hall–Kier alpha value is -3.92. The molecule has 1 aliphatic carbocycles. The molecular weight excluding hydrogens is 540 g/mol. The number of rotatable bonds is 10. The molecule has 1 aliphatic rings. The minimum Gasteiger partial charge on any atom is -0.480 e. The fraction of sp³-hybridized carbons (Fsp3) is 0.172. The Kier molecular flexibility index (Phi) is 7.07. The van der Waals surface area contributed by atoms with Gasteiger partial charge in [-0.3, -0.25) is 4.79 Å². The van der Waals surface area contributed by atoms with Crippen LogP contribution in [-0.2, 0) is 21.4 Å². The summed E-state index contributed by atoms with van der Waals surface area (Å²) in [6.07, 6.45) is 1.64. The monoisotopic (exact) mass is 564 g/mol. The van der Waals surface area contributed by atoms with Crippen molar-refractivity contribution in [2.45, 2.75) is 29.3 Å². The van der Waals surface area contributed by atoms with Gasteiger partial charge in [0.05, 0.1) is 4.90 Å². The molecule has 0 amide bonds. The van der Waals surface area contributed by atoms with Gasteiger partial charge in [-0.05, 0) is 59.5 Å². The van der Waals surface area contributed by atoms with Gasteiger partial charge in [-0.25, -0.2) is 13.2 Å². The molecule has 1 heterocycles. The number of carboxylic acid groups (broad SMARTS) is 2. The lowest BCUT2D eigenvalue weighted by Crippen LogP contribution is -2.49. The maximum atomic E-state index is 14.1. The number of sulfonamides is 1. The zero-order valence-corrected chi connectivity index (χ0v) is 22.2. The number of hydrogen-bond donors (Lipinski definition) is 2. The van der Waals surface area contributed by atoms with Crippen molar-refractivity contribution in [2.75, 3.05) is 6.54 Å². The topological polar surface area (TPSA) is 117 Å². The maximum absolute atomic E-state index is 14.1. The molecule has 0 bridgehead atoms. The molecule has 39 heavy (non-hydrogen) atoms. The van der Waals surface area contributed by atoms with Gasteiger partial charge in [0.1, 0.15) is 11.2 Å². The number of carboxylic acids is 2. The van der Waals surface area contributed by atoms with Crippen molar-refractivity contribution < 1.29 is 28.2 Å². The summed E-state index contributed by atoms with van der Waals surface area (Å²) >= 11 is 5.98. The van der Waals surface area contributed by atoms with Crippen LogP contribution in [0.5, 0.6) is 0 Å². The first-order chi connectivity index (χ1) is 18.6. The molecule has 0 spiro atoms. The normalized spacial score (nSPS) is 18.7. The van der Waals surface area contributed by atoms with Crippen molar-refractivity contribution in [2.24, 2.45) is 0 Å². The molecule has 10 heteroatoms. The van der Waals surface area contributed by atoms with Crippen LogP contribution >= 0.6 is 11.6 Å². The third kappa shape index (κ3) is 4.96. The van der Waals surface area contributed by atoms with E-state index in [9.17, 15) is 28.2 Å². The Morgan fingerprint density at radius 2 is 1.51 bits per heavy atom. The maximum Gasteiger partial charge on any atom is 0.352 e. The summed E-state index contributed by atoms with van der Waals surface area (Å²) in [5, 5.41) is 20.5. The number of aromatic carboxylic acids is 1. The first-order valence-corrected chi connectivity index (χ1v) is 14.0. The highest BCUT2D eigenvalue weighted by Crippen LogP contribution is 2.57. The summed E-state index contributed by atoms with van der Waals surface area (Å²) in [5.74, 6) is -2.96. The van der Waals surface area contributed by atoms with Gasteiger partial charge >= 0.3 is 11.9 Å². The number of benzene rings is 3. The molecule has 2 N–H and O–H groups in total. The minimum atomic E-state index is -4.30. The summed E-state index contributed by atoms with van der Waals surface area (Å²) in [4.78, 5) is 24.3. The van der Waals surface area contributed by atoms with Gasteiger partial charge < -0.3 is 14.8 Å². The van der Waals surface area contributed by atoms with Crippen LogP contribution in [0.1, 0.15) is 28.4 Å². The second kappa shape index (κ2) is 10.3. The van der Waals surface area contributed by atoms with Crippen molar-refractivity contribution in [3.05, 3.63) is 113 Å². The molecular formula is C29H25ClN2O6S. The van der Waals surface area contributed by atoms with Crippen LogP contribution in [0.25, 0.3) is 11.1 Å². The Morgan fingerprint density at radius 3 is 2.10 bits per heavy atom. The van der Waals surface area contributed by atoms with E-state index in [1.807, 2.05) is 18.2 Å². The molecule has 2 atom stereocenters. The number of nitrogens with zero attached hydrogens (tertiary/aromatic N) is 2. The smallest absolute Gasteiger partial charge is 0.352 e. The zero-order valence-electron chi connectivity index (χ0n) is 20.6. The van der Waals surface area contributed by atoms with Gasteiger partial charge in [0.15, 0.2) is 0 Å². The van der Waals surface area contributed by atoms with Crippen LogP contribution < -0.4 is 0 Å². The average molecular weight is 565 g/mol. The predicted octanol–water partition coefficient (Wildman–Crippen LogP) is 5.21. The van der Waals surface area contributed by atoms with E-state index in [2.05, 4.69) is 0 Å². The molecule has 1 saturated carbocycles.